The molecule has 0 aliphatic carbocycles. The van der Waals surface area contributed by atoms with E-state index in [1.54, 1.807) is 28.5 Å². The normalized spacial score (nSPS) is 22.1. The van der Waals surface area contributed by atoms with Gasteiger partial charge in [0.05, 0.1) is 29.0 Å². The Morgan fingerprint density at radius 1 is 1.26 bits per heavy atom. The third kappa shape index (κ3) is 3.62. The summed E-state index contributed by atoms with van der Waals surface area (Å²) in [5.74, 6) is -0.301. The average molecular weight is 519 g/mol. The number of pyridine rings is 2. The number of nitrogens with one attached hydrogen (secondary N) is 1. The van der Waals surface area contributed by atoms with Crippen LogP contribution in [0.15, 0.2) is 29.1 Å². The number of piperazine rings is 1. The average Bonchev–Trinajstić information content (AvgIpc) is 3.28. The number of aromatic nitrogens is 2. The molecule has 38 heavy (non-hydrogen) atoms. The minimum Gasteiger partial charge on any atom is -0.458 e. The molecule has 0 spiro atoms. The van der Waals surface area contributed by atoms with Crippen LogP contribution in [0.5, 0.6) is 5.75 Å². The van der Waals surface area contributed by atoms with Crippen LogP contribution < -0.4 is 15.6 Å². The minimum absolute atomic E-state index is 0.0916. The van der Waals surface area contributed by atoms with Crippen molar-refractivity contribution in [3.8, 4) is 17.1 Å². The molecule has 1 amide bonds. The van der Waals surface area contributed by atoms with Gasteiger partial charge in [-0.25, -0.2) is 14.6 Å². The Morgan fingerprint density at radius 3 is 2.82 bits per heavy atom. The molecule has 0 bridgehead atoms. The van der Waals surface area contributed by atoms with Crippen LogP contribution in [0.1, 0.15) is 49.4 Å². The third-order valence-electron chi connectivity index (χ3n) is 7.96. The maximum atomic E-state index is 13.5. The molecule has 10 nitrogen and oxygen atoms in total. The third-order valence-corrected chi connectivity index (χ3v) is 7.96. The standard InChI is InChI=1S/C28H30N4O6/c1-4-17-18-10-16(38-27(35)31-9-8-29-15(3)12-31)6-7-22(18)30-24-19(17)13-32-23(24)11-21-20(25(32)33)14-37-26(34)28(21,36)5-2/h6-7,10-11,15,29,36H,4-5,8-9,12-14H2,1-3H3/t15?,28-/m0/s1. The number of aliphatic hydroxyl groups is 1. The summed E-state index contributed by atoms with van der Waals surface area (Å²) in [5, 5.41) is 15.3. The van der Waals surface area contributed by atoms with Crippen LogP contribution in [-0.2, 0) is 34.7 Å². The highest BCUT2D eigenvalue weighted by Crippen LogP contribution is 2.40. The van der Waals surface area contributed by atoms with E-state index in [-0.39, 0.29) is 30.7 Å². The predicted molar refractivity (Wildman–Crippen MR) is 139 cm³/mol. The Kier molecular flexibility index (Phi) is 5.77. The van der Waals surface area contributed by atoms with Gasteiger partial charge in [-0.05, 0) is 49.6 Å². The molecule has 3 aromatic rings. The van der Waals surface area contributed by atoms with E-state index in [9.17, 15) is 19.5 Å². The van der Waals surface area contributed by atoms with Gasteiger partial charge in [0.2, 0.25) is 0 Å². The van der Waals surface area contributed by atoms with Crippen molar-refractivity contribution < 1.29 is 24.2 Å². The number of nitrogens with zero attached hydrogens (tertiary/aromatic N) is 3. The Bertz CT molecular complexity index is 1560. The van der Waals surface area contributed by atoms with Crippen LogP contribution in [-0.4, -0.2) is 57.3 Å². The van der Waals surface area contributed by atoms with Gasteiger partial charge in [0.1, 0.15) is 12.4 Å². The van der Waals surface area contributed by atoms with Gasteiger partial charge in [0, 0.05) is 42.2 Å². The predicted octanol–water partition coefficient (Wildman–Crippen LogP) is 2.43. The van der Waals surface area contributed by atoms with E-state index in [2.05, 4.69) is 5.32 Å². The van der Waals surface area contributed by atoms with Gasteiger partial charge in [0.15, 0.2) is 5.60 Å². The number of carbonyl (C=O) groups excluding carboxylic acids is 2. The zero-order valence-corrected chi connectivity index (χ0v) is 21.7. The summed E-state index contributed by atoms with van der Waals surface area (Å²) in [6.45, 7) is 7.81. The number of ether oxygens (including phenoxy) is 2. The van der Waals surface area contributed by atoms with E-state index >= 15 is 0 Å². The molecule has 1 fully saturated rings. The summed E-state index contributed by atoms with van der Waals surface area (Å²) in [5.41, 5.74) is 2.30. The lowest BCUT2D eigenvalue weighted by atomic mass is 9.86. The lowest BCUT2D eigenvalue weighted by Gasteiger charge is -2.31. The van der Waals surface area contributed by atoms with Crippen molar-refractivity contribution in [2.45, 2.75) is 58.4 Å². The molecule has 6 rings (SSSR count). The monoisotopic (exact) mass is 518 g/mol. The highest BCUT2D eigenvalue weighted by atomic mass is 16.6. The molecule has 1 saturated heterocycles. The summed E-state index contributed by atoms with van der Waals surface area (Å²) >= 11 is 0. The number of amides is 1. The first-order valence-electron chi connectivity index (χ1n) is 13.1. The number of rotatable bonds is 3. The smallest absolute Gasteiger partial charge is 0.415 e. The molecule has 2 atom stereocenters. The molecule has 2 aromatic heterocycles. The molecule has 5 heterocycles. The number of fused-ring (bicyclic) bond motifs is 5. The maximum Gasteiger partial charge on any atom is 0.415 e. The molecule has 10 heteroatoms. The Balaban J connectivity index is 1.42. The molecule has 3 aliphatic rings. The Hall–Kier alpha value is -3.76. The van der Waals surface area contributed by atoms with E-state index < -0.39 is 11.6 Å². The highest BCUT2D eigenvalue weighted by molar-refractivity contribution is 5.90. The second kappa shape index (κ2) is 8.92. The van der Waals surface area contributed by atoms with Crippen LogP contribution in [0.3, 0.4) is 0 Å². The first kappa shape index (κ1) is 24.6. The number of benzene rings is 1. The van der Waals surface area contributed by atoms with Gasteiger partial charge in [-0.2, -0.15) is 0 Å². The zero-order valence-electron chi connectivity index (χ0n) is 21.7. The van der Waals surface area contributed by atoms with E-state index in [4.69, 9.17) is 14.5 Å². The fourth-order valence-corrected chi connectivity index (χ4v) is 5.87. The molecular formula is C28H30N4O6. The second-order valence-electron chi connectivity index (χ2n) is 10.2. The maximum absolute atomic E-state index is 13.5. The van der Waals surface area contributed by atoms with E-state index in [0.29, 0.717) is 59.8 Å². The quantitative estimate of drug-likeness (QED) is 0.397. The lowest BCUT2D eigenvalue weighted by Crippen LogP contribution is -2.52. The van der Waals surface area contributed by atoms with Crippen molar-refractivity contribution in [1.82, 2.24) is 19.8 Å². The van der Waals surface area contributed by atoms with Crippen molar-refractivity contribution in [1.29, 1.82) is 0 Å². The molecule has 0 saturated carbocycles. The van der Waals surface area contributed by atoms with E-state index in [1.807, 2.05) is 26.0 Å². The SMILES string of the molecule is CCc1c2c(nc3ccc(OC(=O)N4CCNC(C)C4)cc13)-c1cc3c(c(=O)n1C2)COC(=O)[C@]3(O)CC. The number of hydrogen-bond donors (Lipinski definition) is 2. The zero-order chi connectivity index (χ0) is 26.8. The summed E-state index contributed by atoms with van der Waals surface area (Å²) in [6, 6.07) is 7.31. The van der Waals surface area contributed by atoms with Crippen LogP contribution in [0.4, 0.5) is 4.79 Å². The molecule has 0 radical (unpaired) electrons. The van der Waals surface area contributed by atoms with Gasteiger partial charge < -0.3 is 29.4 Å². The molecule has 1 aromatic carbocycles. The van der Waals surface area contributed by atoms with Crippen molar-refractivity contribution in [2.75, 3.05) is 19.6 Å². The van der Waals surface area contributed by atoms with Gasteiger partial charge in [-0.3, -0.25) is 4.79 Å². The number of esters is 1. The lowest BCUT2D eigenvalue weighted by molar-refractivity contribution is -0.172. The topological polar surface area (TPSA) is 123 Å². The van der Waals surface area contributed by atoms with Gasteiger partial charge >= 0.3 is 12.1 Å². The first-order valence-corrected chi connectivity index (χ1v) is 13.1. The first-order chi connectivity index (χ1) is 18.2. The molecule has 1 unspecified atom stereocenters. The van der Waals surface area contributed by atoms with E-state index in [1.165, 1.54) is 0 Å². The van der Waals surface area contributed by atoms with Gasteiger partial charge in [-0.15, -0.1) is 0 Å². The van der Waals surface area contributed by atoms with Crippen molar-refractivity contribution in [3.63, 3.8) is 0 Å². The van der Waals surface area contributed by atoms with Gasteiger partial charge in [-0.1, -0.05) is 13.8 Å². The second-order valence-corrected chi connectivity index (χ2v) is 10.2. The van der Waals surface area contributed by atoms with Crippen LogP contribution in [0.25, 0.3) is 22.3 Å². The number of carbonyl (C=O) groups is 2. The summed E-state index contributed by atoms with van der Waals surface area (Å²) in [6.07, 6.45) is 0.389. The molecule has 3 aliphatic heterocycles. The van der Waals surface area contributed by atoms with Crippen LogP contribution in [0.2, 0.25) is 0 Å². The minimum atomic E-state index is -1.86. The fraction of sp³-hybridized carbons (Fsp3) is 0.429. The number of aryl methyl sites for hydroxylation is 1. The van der Waals surface area contributed by atoms with Crippen molar-refractivity contribution in [2.24, 2.45) is 0 Å². The van der Waals surface area contributed by atoms with Crippen molar-refractivity contribution >= 4 is 23.0 Å². The summed E-state index contributed by atoms with van der Waals surface area (Å²) in [7, 11) is 0. The van der Waals surface area contributed by atoms with Crippen molar-refractivity contribution in [3.05, 3.63) is 56.9 Å². The van der Waals surface area contributed by atoms with E-state index in [0.717, 1.165) is 23.1 Å². The number of cyclic esters (lactones) is 1. The Labute approximate surface area is 219 Å². The van der Waals surface area contributed by atoms with Crippen LogP contribution >= 0.6 is 0 Å². The van der Waals surface area contributed by atoms with Crippen LogP contribution in [0, 0.1) is 0 Å². The van der Waals surface area contributed by atoms with Gasteiger partial charge in [0.25, 0.3) is 5.56 Å². The fourth-order valence-electron chi connectivity index (χ4n) is 5.87. The summed E-state index contributed by atoms with van der Waals surface area (Å²) in [4.78, 5) is 45.3. The number of hydrogen-bond acceptors (Lipinski definition) is 8. The molecule has 2 N–H and O–H groups in total. The molecule has 198 valence electrons. The Morgan fingerprint density at radius 2 is 2.08 bits per heavy atom. The molecular weight excluding hydrogens is 488 g/mol. The summed E-state index contributed by atoms with van der Waals surface area (Å²) < 4.78 is 12.5. The largest absolute Gasteiger partial charge is 0.458 e. The highest BCUT2D eigenvalue weighted by Gasteiger charge is 2.45.